The van der Waals surface area contributed by atoms with Crippen LogP contribution >= 0.6 is 0 Å². The highest BCUT2D eigenvalue weighted by molar-refractivity contribution is 5.97. The van der Waals surface area contributed by atoms with Crippen molar-refractivity contribution in [3.05, 3.63) is 33.2 Å². The summed E-state index contributed by atoms with van der Waals surface area (Å²) >= 11 is 0. The number of pyridine rings is 1. The Balaban J connectivity index is 1.83. The van der Waals surface area contributed by atoms with Crippen molar-refractivity contribution in [3.8, 4) is 0 Å². The Labute approximate surface area is 147 Å². The first-order chi connectivity index (χ1) is 11.9. The number of carboxylic acids is 1. The van der Waals surface area contributed by atoms with Crippen LogP contribution in [0.5, 0.6) is 0 Å². The molecular weight excluding hydrogens is 320 g/mol. The van der Waals surface area contributed by atoms with E-state index in [9.17, 15) is 19.5 Å². The van der Waals surface area contributed by atoms with E-state index in [1.165, 1.54) is 0 Å². The van der Waals surface area contributed by atoms with Crippen LogP contribution in [0.2, 0.25) is 0 Å². The maximum absolute atomic E-state index is 12.7. The summed E-state index contributed by atoms with van der Waals surface area (Å²) < 4.78 is 0. The number of hydrogen-bond acceptors (Lipinski definition) is 3. The average molecular weight is 346 g/mol. The van der Waals surface area contributed by atoms with Gasteiger partial charge in [0.05, 0.1) is 0 Å². The number of aliphatic carboxylic acids is 1. The second-order valence-corrected chi connectivity index (χ2v) is 7.42. The Morgan fingerprint density at radius 1 is 1.28 bits per heavy atom. The predicted octanol–water partition coefficient (Wildman–Crippen LogP) is 2.41. The third-order valence-electron chi connectivity index (χ3n) is 5.88. The lowest BCUT2D eigenvalue weighted by Crippen LogP contribution is -2.57. The summed E-state index contributed by atoms with van der Waals surface area (Å²) in [4.78, 5) is 39.6. The molecule has 3 N–H and O–H groups in total. The quantitative estimate of drug-likeness (QED) is 0.779. The van der Waals surface area contributed by atoms with E-state index in [2.05, 4.69) is 17.2 Å². The van der Waals surface area contributed by atoms with E-state index in [0.717, 1.165) is 56.2 Å². The maximum atomic E-state index is 12.7. The van der Waals surface area contributed by atoms with Crippen LogP contribution in [-0.4, -0.2) is 27.5 Å². The molecule has 0 atom stereocenters. The van der Waals surface area contributed by atoms with E-state index in [1.54, 1.807) is 6.07 Å². The fraction of sp³-hybridized carbons (Fsp3) is 0.632. The Morgan fingerprint density at radius 3 is 2.60 bits per heavy atom. The summed E-state index contributed by atoms with van der Waals surface area (Å²) in [6, 6.07) is 1.65. The number of aromatic nitrogens is 1. The van der Waals surface area contributed by atoms with Gasteiger partial charge in [-0.25, -0.2) is 4.79 Å². The Hall–Kier alpha value is -2.11. The normalized spacial score (nSPS) is 25.9. The molecule has 6 heteroatoms. The molecule has 1 amide bonds. The standard InChI is InChI=1S/C19H26N2O4/c1-2-12-7-9-19(10-8-12,18(24)25)21-17(23)14-11-13-5-3-4-6-15(13)20-16(14)22/h11-12H,2-10H2,1H3,(H,20,22)(H,21,23)(H,24,25). The van der Waals surface area contributed by atoms with Crippen molar-refractivity contribution in [2.75, 3.05) is 0 Å². The molecule has 1 fully saturated rings. The van der Waals surface area contributed by atoms with E-state index >= 15 is 0 Å². The predicted molar refractivity (Wildman–Crippen MR) is 93.8 cm³/mol. The number of hydrogen-bond donors (Lipinski definition) is 3. The first-order valence-corrected chi connectivity index (χ1v) is 9.26. The lowest BCUT2D eigenvalue weighted by molar-refractivity contribution is -0.146. The van der Waals surface area contributed by atoms with Gasteiger partial charge in [0, 0.05) is 5.69 Å². The maximum Gasteiger partial charge on any atom is 0.329 e. The minimum absolute atomic E-state index is 0.0267. The van der Waals surface area contributed by atoms with Crippen molar-refractivity contribution < 1.29 is 14.7 Å². The zero-order valence-electron chi connectivity index (χ0n) is 14.7. The minimum Gasteiger partial charge on any atom is -0.480 e. The summed E-state index contributed by atoms with van der Waals surface area (Å²) in [5.74, 6) is -1.08. The van der Waals surface area contributed by atoms with Gasteiger partial charge in [-0.3, -0.25) is 9.59 Å². The third-order valence-corrected chi connectivity index (χ3v) is 5.88. The van der Waals surface area contributed by atoms with Crippen LogP contribution in [0.4, 0.5) is 0 Å². The van der Waals surface area contributed by atoms with Crippen LogP contribution in [0.25, 0.3) is 0 Å². The van der Waals surface area contributed by atoms with Gasteiger partial charge in [0.2, 0.25) is 0 Å². The number of aromatic amines is 1. The molecule has 0 radical (unpaired) electrons. The molecule has 6 nitrogen and oxygen atoms in total. The van der Waals surface area contributed by atoms with Crippen LogP contribution in [0.1, 0.15) is 73.5 Å². The third kappa shape index (κ3) is 3.48. The molecule has 136 valence electrons. The smallest absolute Gasteiger partial charge is 0.329 e. The molecule has 0 spiro atoms. The van der Waals surface area contributed by atoms with Gasteiger partial charge in [-0.05, 0) is 68.9 Å². The zero-order valence-corrected chi connectivity index (χ0v) is 14.7. The van der Waals surface area contributed by atoms with Crippen LogP contribution in [0.3, 0.4) is 0 Å². The fourth-order valence-corrected chi connectivity index (χ4v) is 4.10. The average Bonchev–Trinajstić information content (AvgIpc) is 2.61. The number of carboxylic acid groups (broad SMARTS) is 1. The number of rotatable bonds is 4. The van der Waals surface area contributed by atoms with E-state index < -0.39 is 23.0 Å². The zero-order chi connectivity index (χ0) is 18.0. The first-order valence-electron chi connectivity index (χ1n) is 9.26. The van der Waals surface area contributed by atoms with Crippen LogP contribution < -0.4 is 10.9 Å². The summed E-state index contributed by atoms with van der Waals surface area (Å²) in [6.45, 7) is 2.10. The van der Waals surface area contributed by atoms with Crippen molar-refractivity contribution in [1.29, 1.82) is 0 Å². The lowest BCUT2D eigenvalue weighted by atomic mass is 9.75. The van der Waals surface area contributed by atoms with Crippen molar-refractivity contribution in [3.63, 3.8) is 0 Å². The number of carbonyl (C=O) groups excluding carboxylic acids is 1. The van der Waals surface area contributed by atoms with Crippen molar-refractivity contribution in [2.24, 2.45) is 5.92 Å². The number of carbonyl (C=O) groups is 2. The second kappa shape index (κ2) is 7.02. The number of nitrogens with one attached hydrogen (secondary N) is 2. The van der Waals surface area contributed by atoms with Gasteiger partial charge < -0.3 is 15.4 Å². The van der Waals surface area contributed by atoms with Crippen LogP contribution in [-0.2, 0) is 17.6 Å². The van der Waals surface area contributed by atoms with E-state index in [0.29, 0.717) is 18.8 Å². The summed E-state index contributed by atoms with van der Waals surface area (Å²) in [7, 11) is 0. The number of H-pyrrole nitrogens is 1. The molecule has 1 heterocycles. The van der Waals surface area contributed by atoms with E-state index in [4.69, 9.17) is 0 Å². The second-order valence-electron chi connectivity index (χ2n) is 7.42. The van der Waals surface area contributed by atoms with Gasteiger partial charge in [0.1, 0.15) is 11.1 Å². The molecule has 0 aliphatic heterocycles. The molecule has 25 heavy (non-hydrogen) atoms. The minimum atomic E-state index is -1.26. The molecule has 1 aromatic heterocycles. The molecule has 1 saturated carbocycles. The summed E-state index contributed by atoms with van der Waals surface area (Å²) in [5.41, 5.74) is 0.240. The van der Waals surface area contributed by atoms with Gasteiger partial charge in [-0.2, -0.15) is 0 Å². The van der Waals surface area contributed by atoms with Crippen LogP contribution in [0, 0.1) is 5.92 Å². The molecule has 0 bridgehead atoms. The lowest BCUT2D eigenvalue weighted by Gasteiger charge is -2.37. The van der Waals surface area contributed by atoms with Crippen molar-refractivity contribution in [2.45, 2.75) is 70.3 Å². The monoisotopic (exact) mass is 346 g/mol. The SMILES string of the molecule is CCC1CCC(NC(=O)c2cc3c([nH]c2=O)CCCC3)(C(=O)O)CC1. The molecule has 0 aromatic carbocycles. The first kappa shape index (κ1) is 17.7. The number of aryl methyl sites for hydroxylation is 2. The van der Waals surface area contributed by atoms with Crippen LogP contribution in [0.15, 0.2) is 10.9 Å². The molecule has 2 aliphatic rings. The van der Waals surface area contributed by atoms with Crippen molar-refractivity contribution >= 4 is 11.9 Å². The van der Waals surface area contributed by atoms with Gasteiger partial charge in [0.25, 0.3) is 11.5 Å². The summed E-state index contributed by atoms with van der Waals surface area (Å²) in [5, 5.41) is 12.4. The molecule has 2 aliphatic carbocycles. The number of fused-ring (bicyclic) bond motifs is 1. The Morgan fingerprint density at radius 2 is 1.96 bits per heavy atom. The van der Waals surface area contributed by atoms with Crippen molar-refractivity contribution in [1.82, 2.24) is 10.3 Å². The molecular formula is C19H26N2O4. The molecule has 3 rings (SSSR count). The van der Waals surface area contributed by atoms with Gasteiger partial charge in [0.15, 0.2) is 0 Å². The highest BCUT2D eigenvalue weighted by Gasteiger charge is 2.43. The molecule has 0 unspecified atom stereocenters. The summed E-state index contributed by atoms with van der Waals surface area (Å²) in [6.07, 6.45) is 7.15. The van der Waals surface area contributed by atoms with E-state index in [-0.39, 0.29) is 5.56 Å². The van der Waals surface area contributed by atoms with E-state index in [1.807, 2.05) is 0 Å². The van der Waals surface area contributed by atoms with Gasteiger partial charge in [-0.15, -0.1) is 0 Å². The topological polar surface area (TPSA) is 99.3 Å². The molecule has 1 aromatic rings. The number of amides is 1. The largest absolute Gasteiger partial charge is 0.480 e. The highest BCUT2D eigenvalue weighted by atomic mass is 16.4. The fourth-order valence-electron chi connectivity index (χ4n) is 4.10. The highest BCUT2D eigenvalue weighted by Crippen LogP contribution is 2.34. The van der Waals surface area contributed by atoms with Gasteiger partial charge >= 0.3 is 5.97 Å². The Bertz CT molecular complexity index is 729. The Kier molecular flexibility index (Phi) is 4.97. The van der Waals surface area contributed by atoms with Gasteiger partial charge in [-0.1, -0.05) is 13.3 Å². The molecule has 0 saturated heterocycles.